The summed E-state index contributed by atoms with van der Waals surface area (Å²) < 4.78 is 2.64. The second kappa shape index (κ2) is 9.93. The maximum absolute atomic E-state index is 11.0. The lowest BCUT2D eigenvalue weighted by Gasteiger charge is -2.41. The summed E-state index contributed by atoms with van der Waals surface area (Å²) in [4.78, 5) is 7.60. The molecule has 0 amide bonds. The van der Waals surface area contributed by atoms with Gasteiger partial charge in [-0.05, 0) is 67.8 Å². The molecule has 186 valence electrons. The van der Waals surface area contributed by atoms with E-state index in [1.165, 1.54) is 56.9 Å². The van der Waals surface area contributed by atoms with E-state index in [0.29, 0.717) is 6.04 Å². The smallest absolute Gasteiger partial charge is 0.0794 e. The monoisotopic (exact) mass is 464 g/mol. The summed E-state index contributed by atoms with van der Waals surface area (Å²) in [6.07, 6.45) is 10.4. The largest absolute Gasteiger partial charge is 0.390 e. The van der Waals surface area contributed by atoms with Gasteiger partial charge < -0.3 is 14.6 Å². The van der Waals surface area contributed by atoms with E-state index in [4.69, 9.17) is 0 Å². The van der Waals surface area contributed by atoms with Gasteiger partial charge in [0.15, 0.2) is 0 Å². The molecule has 6 rings (SSSR count). The van der Waals surface area contributed by atoms with Crippen LogP contribution in [-0.2, 0) is 13.0 Å². The zero-order valence-corrected chi connectivity index (χ0v) is 21.2. The van der Waals surface area contributed by atoms with E-state index < -0.39 is 0 Å². The van der Waals surface area contributed by atoms with Crippen LogP contribution in [0.4, 0.5) is 0 Å². The third kappa shape index (κ3) is 4.34. The lowest BCUT2D eigenvalue weighted by Crippen LogP contribution is -2.51. The van der Waals surface area contributed by atoms with Crippen LogP contribution in [0.5, 0.6) is 0 Å². The summed E-state index contributed by atoms with van der Waals surface area (Å²) in [5, 5.41) is 12.6. The highest BCUT2D eigenvalue weighted by Gasteiger charge is 2.36. The molecule has 1 aromatic heterocycles. The molecule has 0 radical (unpaired) electrons. The number of hydrogen-bond donors (Lipinski definition) is 1. The van der Waals surface area contributed by atoms with Crippen LogP contribution >= 0.6 is 0 Å². The van der Waals surface area contributed by atoms with E-state index in [0.717, 1.165) is 64.8 Å². The van der Waals surface area contributed by atoms with Crippen LogP contribution in [-0.4, -0.2) is 82.8 Å². The highest BCUT2D eigenvalue weighted by atomic mass is 16.3. The first kappa shape index (κ1) is 23.0. The van der Waals surface area contributed by atoms with E-state index in [2.05, 4.69) is 44.4 Å². The number of nitrogens with zero attached hydrogens (tertiary/aromatic N) is 4. The Morgan fingerprint density at radius 2 is 1.68 bits per heavy atom. The zero-order chi connectivity index (χ0) is 23.1. The Hall–Kier alpha value is -1.40. The molecular formula is C29H44N4O. The molecule has 2 fully saturated rings. The average molecular weight is 465 g/mol. The van der Waals surface area contributed by atoms with Gasteiger partial charge in [-0.1, -0.05) is 32.3 Å². The summed E-state index contributed by atoms with van der Waals surface area (Å²) in [5.74, 6) is 0.771. The van der Waals surface area contributed by atoms with Gasteiger partial charge in [0.05, 0.1) is 12.1 Å². The fraction of sp³-hybridized carbons (Fsp3) is 0.724. The molecule has 1 saturated carbocycles. The van der Waals surface area contributed by atoms with Crippen LogP contribution in [0.3, 0.4) is 0 Å². The Morgan fingerprint density at radius 1 is 0.882 bits per heavy atom. The van der Waals surface area contributed by atoms with E-state index in [-0.39, 0.29) is 6.10 Å². The van der Waals surface area contributed by atoms with Gasteiger partial charge in [-0.2, -0.15) is 0 Å². The molecule has 0 spiro atoms. The first-order valence-corrected chi connectivity index (χ1v) is 14.2. The molecule has 5 heteroatoms. The van der Waals surface area contributed by atoms with Crippen LogP contribution in [0.15, 0.2) is 18.2 Å². The molecule has 2 aliphatic carbocycles. The molecular weight excluding hydrogens is 420 g/mol. The maximum Gasteiger partial charge on any atom is 0.0794 e. The van der Waals surface area contributed by atoms with Gasteiger partial charge in [0.2, 0.25) is 0 Å². The fourth-order valence-electron chi connectivity index (χ4n) is 7.52. The van der Waals surface area contributed by atoms with E-state index >= 15 is 0 Å². The van der Waals surface area contributed by atoms with Crippen molar-refractivity contribution in [1.82, 2.24) is 19.3 Å². The molecule has 2 atom stereocenters. The average Bonchev–Trinajstić information content (AvgIpc) is 3.21. The van der Waals surface area contributed by atoms with Gasteiger partial charge in [-0.15, -0.1) is 0 Å². The highest BCUT2D eigenvalue weighted by Crippen LogP contribution is 2.44. The van der Waals surface area contributed by atoms with Gasteiger partial charge in [-0.3, -0.25) is 9.80 Å². The van der Waals surface area contributed by atoms with Crippen LogP contribution in [0, 0.1) is 0 Å². The molecule has 0 unspecified atom stereocenters. The van der Waals surface area contributed by atoms with Crippen molar-refractivity contribution >= 4 is 10.9 Å². The standard InChI is InChI=1S/C29H44N4O/c1-2-30-13-15-31(16-14-30)20-24(34)21-32-17-18-33-27-12-11-23(22-7-4-3-5-8-22)19-26(27)25-9-6-10-28(32)29(25)33/h11-12,19,22,24,28,34H,2-10,13-18,20-21H2,1H3/t24-,28-/m1/s1. The number of aromatic nitrogens is 1. The number of piperazine rings is 1. The van der Waals surface area contributed by atoms with Crippen LogP contribution in [0.25, 0.3) is 10.9 Å². The lowest BCUT2D eigenvalue weighted by atomic mass is 9.83. The molecule has 3 heterocycles. The summed E-state index contributed by atoms with van der Waals surface area (Å²) in [6.45, 7) is 11.6. The Morgan fingerprint density at radius 3 is 2.47 bits per heavy atom. The number of β-amino-alcohol motifs (C(OH)–C–C–N with tert-alkyl or cyclic N) is 1. The normalized spacial score (nSPS) is 26.1. The Kier molecular flexibility index (Phi) is 6.72. The van der Waals surface area contributed by atoms with Gasteiger partial charge >= 0.3 is 0 Å². The van der Waals surface area contributed by atoms with Crippen molar-refractivity contribution in [3.63, 3.8) is 0 Å². The van der Waals surface area contributed by atoms with Crippen molar-refractivity contribution in [1.29, 1.82) is 0 Å². The van der Waals surface area contributed by atoms with Crippen LogP contribution in [0.1, 0.15) is 80.7 Å². The first-order valence-electron chi connectivity index (χ1n) is 14.2. The Labute approximate surface area is 205 Å². The summed E-state index contributed by atoms with van der Waals surface area (Å²) in [7, 11) is 0. The molecule has 0 bridgehead atoms. The number of aryl methyl sites for hydroxylation is 1. The first-order chi connectivity index (χ1) is 16.7. The predicted octanol–water partition coefficient (Wildman–Crippen LogP) is 4.38. The SMILES string of the molecule is CCN1CCN(C[C@@H](O)CN2CCn3c4c(c5cc(C6CCCCC6)ccc53)CCC[C@H]42)CC1. The summed E-state index contributed by atoms with van der Waals surface area (Å²) in [5.41, 5.74) is 6.25. The second-order valence-electron chi connectivity index (χ2n) is 11.4. The van der Waals surface area contributed by atoms with E-state index in [9.17, 15) is 5.11 Å². The minimum Gasteiger partial charge on any atom is -0.390 e. The molecule has 1 aromatic carbocycles. The molecule has 4 aliphatic rings. The Balaban J connectivity index is 1.19. The highest BCUT2D eigenvalue weighted by molar-refractivity contribution is 5.87. The van der Waals surface area contributed by atoms with Gasteiger partial charge in [0.1, 0.15) is 0 Å². The van der Waals surface area contributed by atoms with Crippen molar-refractivity contribution in [3.05, 3.63) is 35.0 Å². The van der Waals surface area contributed by atoms with Crippen molar-refractivity contribution < 1.29 is 5.11 Å². The third-order valence-corrected chi connectivity index (χ3v) is 9.41. The second-order valence-corrected chi connectivity index (χ2v) is 11.4. The molecule has 34 heavy (non-hydrogen) atoms. The number of likely N-dealkylation sites (N-methyl/N-ethyl adjacent to an activating group) is 1. The zero-order valence-electron chi connectivity index (χ0n) is 21.2. The van der Waals surface area contributed by atoms with Crippen molar-refractivity contribution in [2.75, 3.05) is 52.4 Å². The lowest BCUT2D eigenvalue weighted by molar-refractivity contribution is 0.0296. The number of fused-ring (bicyclic) bond motifs is 3. The van der Waals surface area contributed by atoms with Gasteiger partial charge in [0, 0.05) is 69.0 Å². The van der Waals surface area contributed by atoms with Crippen molar-refractivity contribution in [3.8, 4) is 0 Å². The molecule has 2 aliphatic heterocycles. The van der Waals surface area contributed by atoms with Gasteiger partial charge in [0.25, 0.3) is 0 Å². The number of benzene rings is 1. The van der Waals surface area contributed by atoms with Crippen molar-refractivity contribution in [2.24, 2.45) is 0 Å². The maximum atomic E-state index is 11.0. The van der Waals surface area contributed by atoms with E-state index in [1.807, 2.05) is 0 Å². The van der Waals surface area contributed by atoms with E-state index in [1.54, 1.807) is 22.2 Å². The quantitative estimate of drug-likeness (QED) is 0.688. The van der Waals surface area contributed by atoms with Gasteiger partial charge in [-0.25, -0.2) is 0 Å². The Bertz CT molecular complexity index is 986. The number of aliphatic hydroxyl groups is 1. The topological polar surface area (TPSA) is 34.9 Å². The van der Waals surface area contributed by atoms with Crippen LogP contribution in [0.2, 0.25) is 0 Å². The number of rotatable bonds is 6. The number of aliphatic hydroxyl groups excluding tert-OH is 1. The number of hydrogen-bond acceptors (Lipinski definition) is 4. The third-order valence-electron chi connectivity index (χ3n) is 9.41. The summed E-state index contributed by atoms with van der Waals surface area (Å²) >= 11 is 0. The minimum atomic E-state index is -0.257. The molecule has 1 N–H and O–H groups in total. The van der Waals surface area contributed by atoms with Crippen molar-refractivity contribution in [2.45, 2.75) is 82.9 Å². The molecule has 5 nitrogen and oxygen atoms in total. The minimum absolute atomic E-state index is 0.257. The fourth-order valence-corrected chi connectivity index (χ4v) is 7.52. The molecule has 2 aromatic rings. The summed E-state index contributed by atoms with van der Waals surface area (Å²) in [6, 6.07) is 7.93. The van der Waals surface area contributed by atoms with Crippen LogP contribution < -0.4 is 0 Å². The predicted molar refractivity (Wildman–Crippen MR) is 140 cm³/mol. The molecule has 1 saturated heterocycles.